The van der Waals surface area contributed by atoms with Crippen LogP contribution in [0, 0.1) is 6.92 Å². The normalized spacial score (nSPS) is 15.2. The number of nitrogens with zero attached hydrogens (tertiary/aromatic N) is 1. The minimum Gasteiger partial charge on any atom is -0.497 e. The fourth-order valence-electron chi connectivity index (χ4n) is 2.75. The Hall–Kier alpha value is -2.69. The van der Waals surface area contributed by atoms with Gasteiger partial charge in [0.1, 0.15) is 23.4 Å². The second kappa shape index (κ2) is 7.47. The summed E-state index contributed by atoms with van der Waals surface area (Å²) in [7, 11) is 1.60. The smallest absolute Gasteiger partial charge is 0.263 e. The van der Waals surface area contributed by atoms with Crippen molar-refractivity contribution < 1.29 is 19.0 Å². The minimum absolute atomic E-state index is 0.0348. The number of para-hydroxylation sites is 1. The van der Waals surface area contributed by atoms with Crippen LogP contribution in [0.1, 0.15) is 12.5 Å². The topological polar surface area (TPSA) is 48.0 Å². The van der Waals surface area contributed by atoms with Crippen molar-refractivity contribution in [3.05, 3.63) is 54.1 Å². The molecule has 1 unspecified atom stereocenters. The van der Waals surface area contributed by atoms with E-state index in [4.69, 9.17) is 14.2 Å². The molecule has 0 saturated carbocycles. The highest BCUT2D eigenvalue weighted by atomic mass is 16.5. The van der Waals surface area contributed by atoms with E-state index in [-0.39, 0.29) is 12.0 Å². The number of hydrogen-bond donors (Lipinski definition) is 0. The lowest BCUT2D eigenvalue weighted by atomic mass is 10.1. The van der Waals surface area contributed by atoms with Gasteiger partial charge in [0.25, 0.3) is 5.91 Å². The second-order valence-corrected chi connectivity index (χ2v) is 6.19. The van der Waals surface area contributed by atoms with Crippen molar-refractivity contribution in [3.8, 4) is 17.2 Å². The van der Waals surface area contributed by atoms with Crippen molar-refractivity contribution in [2.45, 2.75) is 26.1 Å². The van der Waals surface area contributed by atoms with Gasteiger partial charge in [-0.15, -0.1) is 0 Å². The van der Waals surface area contributed by atoms with Crippen molar-refractivity contribution in [2.24, 2.45) is 0 Å². The van der Waals surface area contributed by atoms with Gasteiger partial charge in [0.2, 0.25) is 0 Å². The first-order valence-corrected chi connectivity index (χ1v) is 8.38. The number of amides is 1. The van der Waals surface area contributed by atoms with Crippen LogP contribution in [-0.2, 0) is 4.79 Å². The largest absolute Gasteiger partial charge is 0.497 e. The predicted molar refractivity (Wildman–Crippen MR) is 95.3 cm³/mol. The Balaban J connectivity index is 1.50. The molecule has 0 aliphatic carbocycles. The molecule has 1 saturated heterocycles. The van der Waals surface area contributed by atoms with Gasteiger partial charge in [-0.2, -0.15) is 0 Å². The monoisotopic (exact) mass is 341 g/mol. The van der Waals surface area contributed by atoms with Gasteiger partial charge in [-0.25, -0.2) is 0 Å². The van der Waals surface area contributed by atoms with Crippen LogP contribution in [0.25, 0.3) is 0 Å². The summed E-state index contributed by atoms with van der Waals surface area (Å²) in [6.45, 7) is 4.94. The quantitative estimate of drug-likeness (QED) is 0.810. The Morgan fingerprint density at radius 1 is 1.12 bits per heavy atom. The molecule has 0 radical (unpaired) electrons. The molecule has 5 nitrogen and oxygen atoms in total. The zero-order valence-corrected chi connectivity index (χ0v) is 14.8. The first kappa shape index (κ1) is 17.1. The van der Waals surface area contributed by atoms with E-state index in [0.29, 0.717) is 24.6 Å². The van der Waals surface area contributed by atoms with Gasteiger partial charge >= 0.3 is 0 Å². The fraction of sp³-hybridized carbons (Fsp3) is 0.350. The molecule has 25 heavy (non-hydrogen) atoms. The van der Waals surface area contributed by atoms with Gasteiger partial charge in [-0.1, -0.05) is 24.3 Å². The van der Waals surface area contributed by atoms with Gasteiger partial charge < -0.3 is 19.1 Å². The highest BCUT2D eigenvalue weighted by molar-refractivity contribution is 5.81. The third kappa shape index (κ3) is 4.05. The Bertz CT molecular complexity index is 740. The highest BCUT2D eigenvalue weighted by Gasteiger charge is 2.35. The van der Waals surface area contributed by atoms with Crippen molar-refractivity contribution in [3.63, 3.8) is 0 Å². The molecule has 1 aliphatic heterocycles. The first-order chi connectivity index (χ1) is 12.1. The number of aryl methyl sites for hydroxylation is 1. The summed E-state index contributed by atoms with van der Waals surface area (Å²) in [5, 5.41) is 0. The van der Waals surface area contributed by atoms with Gasteiger partial charge in [-0.3, -0.25) is 4.79 Å². The molecular formula is C20H23NO4. The van der Waals surface area contributed by atoms with E-state index in [0.717, 1.165) is 11.3 Å². The molecular weight excluding hydrogens is 318 g/mol. The number of carbonyl (C=O) groups excluding carboxylic acids is 1. The molecule has 132 valence electrons. The zero-order chi connectivity index (χ0) is 17.8. The molecule has 2 aromatic carbocycles. The summed E-state index contributed by atoms with van der Waals surface area (Å²) in [6, 6.07) is 15.2. The number of benzene rings is 2. The van der Waals surface area contributed by atoms with E-state index in [2.05, 4.69) is 0 Å². The molecule has 2 aromatic rings. The van der Waals surface area contributed by atoms with Crippen LogP contribution >= 0.6 is 0 Å². The molecule has 0 N–H and O–H groups in total. The summed E-state index contributed by atoms with van der Waals surface area (Å²) in [5.41, 5.74) is 1.10. The Labute approximate surface area is 148 Å². The summed E-state index contributed by atoms with van der Waals surface area (Å²) < 4.78 is 16.8. The van der Waals surface area contributed by atoms with Gasteiger partial charge in [0.15, 0.2) is 6.10 Å². The Morgan fingerprint density at radius 2 is 1.84 bits per heavy atom. The summed E-state index contributed by atoms with van der Waals surface area (Å²) in [6.07, 6.45) is -0.513. The lowest BCUT2D eigenvalue weighted by Gasteiger charge is -2.40. The Kier molecular flexibility index (Phi) is 5.12. The fourth-order valence-corrected chi connectivity index (χ4v) is 2.75. The summed E-state index contributed by atoms with van der Waals surface area (Å²) in [4.78, 5) is 14.2. The molecule has 5 heteroatoms. The number of methoxy groups -OCH3 is 1. The molecule has 1 heterocycles. The lowest BCUT2D eigenvalue weighted by molar-refractivity contribution is -0.146. The maximum absolute atomic E-state index is 12.5. The van der Waals surface area contributed by atoms with Crippen LogP contribution in [-0.4, -0.2) is 43.2 Å². The van der Waals surface area contributed by atoms with Gasteiger partial charge in [0.05, 0.1) is 20.2 Å². The van der Waals surface area contributed by atoms with Crippen molar-refractivity contribution in [2.75, 3.05) is 20.2 Å². The minimum atomic E-state index is -0.550. The molecule has 1 amide bonds. The van der Waals surface area contributed by atoms with Gasteiger partial charge in [0, 0.05) is 6.07 Å². The number of likely N-dealkylation sites (tertiary alicyclic amines) is 1. The predicted octanol–water partition coefficient (Wildman–Crippen LogP) is 3.06. The first-order valence-electron chi connectivity index (χ1n) is 8.38. The Morgan fingerprint density at radius 3 is 2.56 bits per heavy atom. The lowest BCUT2D eigenvalue weighted by Crippen LogP contribution is -2.58. The zero-order valence-electron chi connectivity index (χ0n) is 14.8. The number of carbonyl (C=O) groups is 1. The molecule has 1 atom stereocenters. The van der Waals surface area contributed by atoms with Crippen LogP contribution in [0.4, 0.5) is 0 Å². The molecule has 1 aliphatic rings. The second-order valence-electron chi connectivity index (χ2n) is 6.19. The highest BCUT2D eigenvalue weighted by Crippen LogP contribution is 2.24. The number of rotatable bonds is 6. The van der Waals surface area contributed by atoms with Crippen LogP contribution in [0.3, 0.4) is 0 Å². The summed E-state index contributed by atoms with van der Waals surface area (Å²) >= 11 is 0. The maximum Gasteiger partial charge on any atom is 0.263 e. The van der Waals surface area contributed by atoms with Crippen LogP contribution in [0.5, 0.6) is 17.2 Å². The summed E-state index contributed by atoms with van der Waals surface area (Å²) in [5.74, 6) is 2.16. The third-order valence-corrected chi connectivity index (χ3v) is 4.25. The van der Waals surface area contributed by atoms with Crippen LogP contribution in [0.15, 0.2) is 48.5 Å². The number of hydrogen-bond acceptors (Lipinski definition) is 4. The molecule has 1 fully saturated rings. The maximum atomic E-state index is 12.5. The average Bonchev–Trinajstić information content (AvgIpc) is 2.58. The van der Waals surface area contributed by atoms with E-state index in [1.807, 2.05) is 49.4 Å². The van der Waals surface area contributed by atoms with E-state index < -0.39 is 6.10 Å². The number of ether oxygens (including phenoxy) is 3. The van der Waals surface area contributed by atoms with Crippen LogP contribution in [0.2, 0.25) is 0 Å². The standard InChI is InChI=1S/C20H23NO4/c1-14-7-4-5-10-19(14)25-18-12-21(13-18)20(22)15(2)24-17-9-6-8-16(11-17)23-3/h4-11,15,18H,12-13H2,1-3H3. The van der Waals surface area contributed by atoms with E-state index in [9.17, 15) is 4.79 Å². The molecule has 0 aromatic heterocycles. The molecule has 3 rings (SSSR count). The van der Waals surface area contributed by atoms with E-state index in [1.165, 1.54) is 0 Å². The SMILES string of the molecule is COc1cccc(OC(C)C(=O)N2CC(Oc3ccccc3C)C2)c1. The van der Waals surface area contributed by atoms with Crippen molar-refractivity contribution in [1.29, 1.82) is 0 Å². The van der Waals surface area contributed by atoms with Crippen LogP contribution < -0.4 is 14.2 Å². The van der Waals surface area contributed by atoms with Gasteiger partial charge in [-0.05, 0) is 37.6 Å². The van der Waals surface area contributed by atoms with Crippen molar-refractivity contribution >= 4 is 5.91 Å². The van der Waals surface area contributed by atoms with Crippen molar-refractivity contribution in [1.82, 2.24) is 4.90 Å². The van der Waals surface area contributed by atoms with E-state index >= 15 is 0 Å². The third-order valence-electron chi connectivity index (χ3n) is 4.25. The average molecular weight is 341 g/mol. The molecule has 0 spiro atoms. The molecule has 0 bridgehead atoms. The van der Waals surface area contributed by atoms with E-state index in [1.54, 1.807) is 25.0 Å².